The molecule has 2 aromatic heterocycles. The molecule has 2 N–H and O–H groups in total. The van der Waals surface area contributed by atoms with Crippen molar-refractivity contribution in [3.8, 4) is 11.3 Å². The van der Waals surface area contributed by atoms with Gasteiger partial charge in [0.1, 0.15) is 11.6 Å². The maximum atomic E-state index is 11.8. The highest BCUT2D eigenvalue weighted by molar-refractivity contribution is 8.18. The Morgan fingerprint density at radius 3 is 2.76 bits per heavy atom. The van der Waals surface area contributed by atoms with Crippen molar-refractivity contribution in [1.82, 2.24) is 20.6 Å². The molecule has 7 nitrogen and oxygen atoms in total. The molecule has 1 aliphatic carbocycles. The first kappa shape index (κ1) is 22.6. The number of nitrogens with one attached hydrogen (secondary N) is 2. The minimum Gasteiger partial charge on any atom is -0.464 e. The van der Waals surface area contributed by atoms with Crippen molar-refractivity contribution in [2.75, 3.05) is 0 Å². The van der Waals surface area contributed by atoms with Crippen molar-refractivity contribution in [2.24, 2.45) is 5.92 Å². The van der Waals surface area contributed by atoms with Crippen LogP contribution in [0.5, 0.6) is 0 Å². The van der Waals surface area contributed by atoms with Gasteiger partial charge < -0.3 is 9.73 Å². The summed E-state index contributed by atoms with van der Waals surface area (Å²) in [6.45, 7) is 0.845. The Hall–Kier alpha value is -3.23. The van der Waals surface area contributed by atoms with Crippen LogP contribution >= 0.6 is 11.8 Å². The second kappa shape index (κ2) is 10.4. The van der Waals surface area contributed by atoms with Gasteiger partial charge in [-0.05, 0) is 79.3 Å². The summed E-state index contributed by atoms with van der Waals surface area (Å²) >= 11 is 0.903. The van der Waals surface area contributed by atoms with E-state index in [-0.39, 0.29) is 11.1 Å². The Morgan fingerprint density at radius 1 is 1.12 bits per heavy atom. The largest absolute Gasteiger partial charge is 0.464 e. The fourth-order valence-corrected chi connectivity index (χ4v) is 5.18. The molecule has 0 bridgehead atoms. The molecule has 2 amide bonds. The van der Waals surface area contributed by atoms with Crippen LogP contribution in [0.25, 0.3) is 17.4 Å². The predicted molar refractivity (Wildman–Crippen MR) is 132 cm³/mol. The third-order valence-electron chi connectivity index (χ3n) is 6.29. The SMILES string of the molecule is O=C1NC(=O)/C(=C/c2ccnc(CC3CCC(NCc4cccc(-c5ccco5)c4)CC3)n2)S1. The van der Waals surface area contributed by atoms with Gasteiger partial charge in [-0.15, -0.1) is 0 Å². The first-order chi connectivity index (χ1) is 16.6. The van der Waals surface area contributed by atoms with Crippen LogP contribution in [-0.2, 0) is 17.8 Å². The highest BCUT2D eigenvalue weighted by Gasteiger charge is 2.25. The molecule has 0 unspecified atom stereocenters. The molecule has 0 atom stereocenters. The zero-order valence-electron chi connectivity index (χ0n) is 18.7. The van der Waals surface area contributed by atoms with Crippen LogP contribution in [0.15, 0.2) is 64.2 Å². The van der Waals surface area contributed by atoms with Crippen molar-refractivity contribution in [2.45, 2.75) is 44.7 Å². The van der Waals surface area contributed by atoms with Crippen molar-refractivity contribution in [3.05, 3.63) is 76.9 Å². The third kappa shape index (κ3) is 5.63. The highest BCUT2D eigenvalue weighted by atomic mass is 32.2. The summed E-state index contributed by atoms with van der Waals surface area (Å²) in [5.74, 6) is 1.86. The normalized spacial score (nSPS) is 21.7. The zero-order valence-corrected chi connectivity index (χ0v) is 19.5. The van der Waals surface area contributed by atoms with E-state index in [2.05, 4.69) is 44.9 Å². The van der Waals surface area contributed by atoms with Crippen molar-refractivity contribution in [1.29, 1.82) is 0 Å². The molecule has 1 saturated carbocycles. The first-order valence-corrected chi connectivity index (χ1v) is 12.4. The molecule has 5 rings (SSSR count). The summed E-state index contributed by atoms with van der Waals surface area (Å²) in [7, 11) is 0. The second-order valence-electron chi connectivity index (χ2n) is 8.73. The molecular weight excluding hydrogens is 448 g/mol. The minimum atomic E-state index is -0.367. The maximum Gasteiger partial charge on any atom is 0.290 e. The van der Waals surface area contributed by atoms with Crippen LogP contribution in [0.1, 0.15) is 42.8 Å². The Morgan fingerprint density at radius 2 is 2.00 bits per heavy atom. The summed E-state index contributed by atoms with van der Waals surface area (Å²) in [5, 5.41) is 5.63. The van der Waals surface area contributed by atoms with E-state index in [1.165, 1.54) is 5.56 Å². The second-order valence-corrected chi connectivity index (χ2v) is 9.75. The summed E-state index contributed by atoms with van der Waals surface area (Å²) in [5.41, 5.74) is 3.01. The molecule has 174 valence electrons. The minimum absolute atomic E-state index is 0.346. The number of rotatable bonds is 7. The Labute approximate surface area is 202 Å². The Balaban J connectivity index is 1.11. The van der Waals surface area contributed by atoms with E-state index in [0.717, 1.165) is 67.6 Å². The third-order valence-corrected chi connectivity index (χ3v) is 7.10. The number of thioether (sulfide) groups is 1. The molecule has 0 spiro atoms. The van der Waals surface area contributed by atoms with E-state index in [9.17, 15) is 9.59 Å². The molecule has 8 heteroatoms. The lowest BCUT2D eigenvalue weighted by Crippen LogP contribution is -2.33. The standard InChI is InChI=1S/C26H26N4O3S/c31-25-23(34-26(32)30-25)15-21-10-11-27-24(29-21)14-17-6-8-20(9-7-17)28-16-18-3-1-4-19(13-18)22-5-2-12-33-22/h1-5,10-13,15,17,20,28H,6-9,14,16H2,(H,30,31,32)/b23-15-. The lowest BCUT2D eigenvalue weighted by atomic mass is 9.84. The average molecular weight is 475 g/mol. The zero-order chi connectivity index (χ0) is 23.3. The number of hydrogen-bond acceptors (Lipinski definition) is 7. The van der Waals surface area contributed by atoms with E-state index in [1.54, 1.807) is 24.6 Å². The van der Waals surface area contributed by atoms with Gasteiger partial charge in [0.15, 0.2) is 0 Å². The van der Waals surface area contributed by atoms with Crippen LogP contribution in [0.2, 0.25) is 0 Å². The van der Waals surface area contributed by atoms with Gasteiger partial charge in [0.2, 0.25) is 0 Å². The molecule has 2 aliphatic rings. The van der Waals surface area contributed by atoms with Crippen LogP contribution in [0.3, 0.4) is 0 Å². The summed E-state index contributed by atoms with van der Waals surface area (Å²) in [6.07, 6.45) is 10.4. The van der Waals surface area contributed by atoms with Crippen LogP contribution in [-0.4, -0.2) is 27.2 Å². The number of imide groups is 1. The first-order valence-electron chi connectivity index (χ1n) is 11.6. The molecule has 1 aliphatic heterocycles. The molecule has 34 heavy (non-hydrogen) atoms. The fourth-order valence-electron chi connectivity index (χ4n) is 4.52. The van der Waals surface area contributed by atoms with Crippen molar-refractivity contribution < 1.29 is 14.0 Å². The number of nitrogens with zero attached hydrogens (tertiary/aromatic N) is 2. The quantitative estimate of drug-likeness (QED) is 0.468. The van der Waals surface area contributed by atoms with Gasteiger partial charge in [-0.2, -0.15) is 0 Å². The van der Waals surface area contributed by atoms with Gasteiger partial charge in [0.05, 0.1) is 16.9 Å². The van der Waals surface area contributed by atoms with Gasteiger partial charge in [-0.1, -0.05) is 18.2 Å². The molecular formula is C26H26N4O3S. The van der Waals surface area contributed by atoms with E-state index in [1.807, 2.05) is 12.1 Å². The number of benzene rings is 1. The number of hydrogen-bond donors (Lipinski definition) is 2. The summed E-state index contributed by atoms with van der Waals surface area (Å²) < 4.78 is 5.51. The Bertz CT molecular complexity index is 1200. The average Bonchev–Trinajstić information content (AvgIpc) is 3.49. The molecule has 2 fully saturated rings. The number of amides is 2. The smallest absolute Gasteiger partial charge is 0.290 e. The predicted octanol–water partition coefficient (Wildman–Crippen LogP) is 4.95. The number of aromatic nitrogens is 2. The number of carbonyl (C=O) groups is 2. The van der Waals surface area contributed by atoms with E-state index in [0.29, 0.717) is 22.6 Å². The lowest BCUT2D eigenvalue weighted by molar-refractivity contribution is -0.115. The van der Waals surface area contributed by atoms with Gasteiger partial charge in [0, 0.05) is 30.8 Å². The van der Waals surface area contributed by atoms with Gasteiger partial charge in [-0.25, -0.2) is 9.97 Å². The molecule has 0 radical (unpaired) electrons. The molecule has 3 aromatic rings. The number of furan rings is 1. The van der Waals surface area contributed by atoms with Crippen LogP contribution in [0.4, 0.5) is 4.79 Å². The molecule has 1 aromatic carbocycles. The fraction of sp³-hybridized carbons (Fsp3) is 0.308. The number of carbonyl (C=O) groups excluding carboxylic acids is 2. The summed E-state index contributed by atoms with van der Waals surface area (Å²) in [4.78, 5) is 32.5. The Kier molecular flexibility index (Phi) is 6.87. The van der Waals surface area contributed by atoms with Gasteiger partial charge in [0.25, 0.3) is 11.1 Å². The van der Waals surface area contributed by atoms with Crippen molar-refractivity contribution >= 4 is 29.0 Å². The van der Waals surface area contributed by atoms with Gasteiger partial charge >= 0.3 is 0 Å². The van der Waals surface area contributed by atoms with E-state index in [4.69, 9.17) is 4.42 Å². The topological polar surface area (TPSA) is 97.1 Å². The van der Waals surface area contributed by atoms with E-state index >= 15 is 0 Å². The van der Waals surface area contributed by atoms with Gasteiger partial charge in [-0.3, -0.25) is 14.9 Å². The van der Waals surface area contributed by atoms with Crippen LogP contribution < -0.4 is 10.6 Å². The van der Waals surface area contributed by atoms with Crippen molar-refractivity contribution in [3.63, 3.8) is 0 Å². The monoisotopic (exact) mass is 474 g/mol. The van der Waals surface area contributed by atoms with E-state index < -0.39 is 0 Å². The maximum absolute atomic E-state index is 11.8. The lowest BCUT2D eigenvalue weighted by Gasteiger charge is -2.29. The molecule has 1 saturated heterocycles. The molecule has 3 heterocycles. The summed E-state index contributed by atoms with van der Waals surface area (Å²) in [6, 6.07) is 14.6. The van der Waals surface area contributed by atoms with Crippen LogP contribution in [0, 0.1) is 5.92 Å². The highest BCUT2D eigenvalue weighted by Crippen LogP contribution is 2.28.